The van der Waals surface area contributed by atoms with Gasteiger partial charge in [0.2, 0.25) is 5.91 Å². The second kappa shape index (κ2) is 5.65. The number of halogens is 3. The van der Waals surface area contributed by atoms with Gasteiger partial charge in [0.05, 0.1) is 12.3 Å². The number of ether oxygens (including phenoxy) is 1. The Morgan fingerprint density at radius 3 is 2.54 bits per heavy atom. The highest BCUT2D eigenvalue weighted by molar-refractivity contribution is 7.91. The number of carbonyl (C=O) groups is 1. The Morgan fingerprint density at radius 1 is 1.29 bits per heavy atom. The smallest absolute Gasteiger partial charge is 0.403 e. The first-order valence-corrected chi connectivity index (χ1v) is 9.14. The summed E-state index contributed by atoms with van der Waals surface area (Å²) in [5.74, 6) is -1.35. The molecule has 0 aromatic heterocycles. The van der Waals surface area contributed by atoms with Crippen LogP contribution in [0.3, 0.4) is 0 Å². The van der Waals surface area contributed by atoms with E-state index in [0.29, 0.717) is 6.42 Å². The van der Waals surface area contributed by atoms with Gasteiger partial charge in [0.1, 0.15) is 22.2 Å². The van der Waals surface area contributed by atoms with E-state index >= 15 is 0 Å². The third kappa shape index (κ3) is 2.74. The molecule has 9 heteroatoms. The zero-order valence-corrected chi connectivity index (χ0v) is 13.4. The van der Waals surface area contributed by atoms with Crippen LogP contribution in [-0.2, 0) is 14.6 Å². The Morgan fingerprint density at radius 2 is 1.96 bits per heavy atom. The fourth-order valence-corrected chi connectivity index (χ4v) is 4.56. The summed E-state index contributed by atoms with van der Waals surface area (Å²) < 4.78 is 69.2. The number of para-hydroxylation sites is 1. The van der Waals surface area contributed by atoms with Crippen LogP contribution in [0.15, 0.2) is 29.2 Å². The average molecular weight is 363 g/mol. The number of rotatable bonds is 3. The molecule has 2 aliphatic rings. The van der Waals surface area contributed by atoms with E-state index in [1.165, 1.54) is 12.1 Å². The first-order valence-electron chi connectivity index (χ1n) is 7.49. The van der Waals surface area contributed by atoms with E-state index in [0.717, 1.165) is 0 Å². The van der Waals surface area contributed by atoms with E-state index < -0.39 is 33.4 Å². The van der Waals surface area contributed by atoms with E-state index in [2.05, 4.69) is 5.32 Å². The molecule has 132 valence electrons. The van der Waals surface area contributed by atoms with Crippen molar-refractivity contribution in [1.82, 2.24) is 5.32 Å². The van der Waals surface area contributed by atoms with Crippen LogP contribution < -0.4 is 10.1 Å². The Labute approximate surface area is 137 Å². The van der Waals surface area contributed by atoms with Crippen molar-refractivity contribution in [2.45, 2.75) is 36.4 Å². The van der Waals surface area contributed by atoms with Crippen LogP contribution in [0.4, 0.5) is 13.2 Å². The highest BCUT2D eigenvalue weighted by Gasteiger charge is 2.63. The third-order valence-corrected chi connectivity index (χ3v) is 6.38. The minimum absolute atomic E-state index is 0.0540. The topological polar surface area (TPSA) is 72.5 Å². The number of nitrogens with one attached hydrogen (secondary N) is 1. The summed E-state index contributed by atoms with van der Waals surface area (Å²) in [5, 5.41) is 2.22. The quantitative estimate of drug-likeness (QED) is 0.892. The Bertz CT molecular complexity index is 756. The first kappa shape index (κ1) is 17.1. The molecule has 1 atom stereocenters. The van der Waals surface area contributed by atoms with Gasteiger partial charge in [-0.15, -0.1) is 0 Å². The lowest BCUT2D eigenvalue weighted by molar-refractivity contribution is -0.243. The largest absolute Gasteiger partial charge is 0.486 e. The highest BCUT2D eigenvalue weighted by Crippen LogP contribution is 2.53. The zero-order valence-electron chi connectivity index (χ0n) is 12.6. The molecule has 0 saturated heterocycles. The van der Waals surface area contributed by atoms with Gasteiger partial charge in [-0.05, 0) is 25.0 Å². The van der Waals surface area contributed by atoms with Crippen LogP contribution in [0.2, 0.25) is 0 Å². The van der Waals surface area contributed by atoms with Crippen LogP contribution in [-0.4, -0.2) is 38.9 Å². The Hall–Kier alpha value is -1.77. The summed E-state index contributed by atoms with van der Waals surface area (Å²) in [6, 6.07) is 6.05. The lowest BCUT2D eigenvalue weighted by Gasteiger charge is -2.41. The minimum Gasteiger partial charge on any atom is -0.486 e. The molecule has 1 unspecified atom stereocenters. The molecular weight excluding hydrogens is 347 g/mol. The van der Waals surface area contributed by atoms with E-state index in [1.807, 2.05) is 0 Å². The van der Waals surface area contributed by atoms with Crippen LogP contribution in [0.1, 0.15) is 19.3 Å². The molecule has 1 fully saturated rings. The van der Waals surface area contributed by atoms with E-state index in [-0.39, 0.29) is 35.8 Å². The summed E-state index contributed by atoms with van der Waals surface area (Å²) >= 11 is 0. The SMILES string of the molecule is O=C(NCC1CS(=O)(=O)c2ccccc2O1)C1(C(F)(F)F)CCC1. The molecule has 1 aliphatic carbocycles. The summed E-state index contributed by atoms with van der Waals surface area (Å²) in [7, 11) is -3.59. The molecule has 1 aromatic rings. The van der Waals surface area contributed by atoms with Crippen LogP contribution >= 0.6 is 0 Å². The number of alkyl halides is 3. The number of benzene rings is 1. The molecule has 1 aliphatic heterocycles. The second-order valence-corrected chi connectivity index (χ2v) is 8.11. The average Bonchev–Trinajstić information content (AvgIpc) is 2.41. The van der Waals surface area contributed by atoms with Gasteiger partial charge in [-0.3, -0.25) is 4.79 Å². The molecule has 3 rings (SSSR count). The van der Waals surface area contributed by atoms with Crippen molar-refractivity contribution < 1.29 is 31.1 Å². The van der Waals surface area contributed by atoms with Crippen molar-refractivity contribution in [2.24, 2.45) is 5.41 Å². The molecule has 1 aromatic carbocycles. The maximum absolute atomic E-state index is 13.1. The molecule has 1 N–H and O–H groups in total. The Balaban J connectivity index is 1.69. The maximum Gasteiger partial charge on any atom is 0.403 e. The van der Waals surface area contributed by atoms with Gasteiger partial charge in [-0.2, -0.15) is 13.2 Å². The van der Waals surface area contributed by atoms with E-state index in [4.69, 9.17) is 4.74 Å². The van der Waals surface area contributed by atoms with Gasteiger partial charge >= 0.3 is 6.18 Å². The second-order valence-electron chi connectivity index (χ2n) is 6.11. The first-order chi connectivity index (χ1) is 11.2. The molecular formula is C15H16F3NO4S. The molecule has 1 saturated carbocycles. The van der Waals surface area contributed by atoms with Crippen LogP contribution in [0, 0.1) is 5.41 Å². The molecule has 1 amide bonds. The number of hydrogen-bond donors (Lipinski definition) is 1. The molecule has 5 nitrogen and oxygen atoms in total. The molecule has 1 heterocycles. The Kier molecular flexibility index (Phi) is 4.01. The molecule has 0 spiro atoms. The summed E-state index contributed by atoms with van der Waals surface area (Å²) in [6.07, 6.45) is -5.67. The maximum atomic E-state index is 13.1. The fraction of sp³-hybridized carbons (Fsp3) is 0.533. The van der Waals surface area contributed by atoms with Crippen molar-refractivity contribution in [3.8, 4) is 5.75 Å². The number of sulfone groups is 1. The van der Waals surface area contributed by atoms with Crippen LogP contribution in [0.25, 0.3) is 0 Å². The monoisotopic (exact) mass is 363 g/mol. The molecule has 0 radical (unpaired) electrons. The number of hydrogen-bond acceptors (Lipinski definition) is 4. The number of carbonyl (C=O) groups excluding carboxylic acids is 1. The van der Waals surface area contributed by atoms with Gasteiger partial charge in [-0.25, -0.2) is 8.42 Å². The van der Waals surface area contributed by atoms with Crippen molar-refractivity contribution in [1.29, 1.82) is 0 Å². The van der Waals surface area contributed by atoms with Crippen molar-refractivity contribution in [2.75, 3.05) is 12.3 Å². The third-order valence-electron chi connectivity index (χ3n) is 4.56. The predicted octanol–water partition coefficient (Wildman–Crippen LogP) is 2.07. The number of amides is 1. The lowest BCUT2D eigenvalue weighted by atomic mass is 9.67. The van der Waals surface area contributed by atoms with Crippen molar-refractivity contribution in [3.05, 3.63) is 24.3 Å². The summed E-state index contributed by atoms with van der Waals surface area (Å²) in [5.41, 5.74) is -2.35. The van der Waals surface area contributed by atoms with Gasteiger partial charge in [-0.1, -0.05) is 18.6 Å². The van der Waals surface area contributed by atoms with Crippen molar-refractivity contribution >= 4 is 15.7 Å². The van der Waals surface area contributed by atoms with Gasteiger partial charge < -0.3 is 10.1 Å². The predicted molar refractivity (Wildman–Crippen MR) is 78.3 cm³/mol. The van der Waals surface area contributed by atoms with E-state index in [1.54, 1.807) is 12.1 Å². The van der Waals surface area contributed by atoms with E-state index in [9.17, 15) is 26.4 Å². The standard InChI is InChI=1S/C15H16F3NO4S/c16-15(17,18)14(6-3-7-14)13(20)19-8-10-9-24(21,22)12-5-2-1-4-11(12)23-10/h1-2,4-5,10H,3,6-9H2,(H,19,20). The number of fused-ring (bicyclic) bond motifs is 1. The van der Waals surface area contributed by atoms with Gasteiger partial charge in [0.25, 0.3) is 0 Å². The fourth-order valence-electron chi connectivity index (χ4n) is 3.00. The molecule has 24 heavy (non-hydrogen) atoms. The highest BCUT2D eigenvalue weighted by atomic mass is 32.2. The van der Waals surface area contributed by atoms with Gasteiger partial charge in [0.15, 0.2) is 9.84 Å². The van der Waals surface area contributed by atoms with Gasteiger partial charge in [0, 0.05) is 0 Å². The van der Waals surface area contributed by atoms with Crippen LogP contribution in [0.5, 0.6) is 5.75 Å². The molecule has 0 bridgehead atoms. The summed E-state index contributed by atoms with van der Waals surface area (Å²) in [6.45, 7) is -0.287. The normalized spacial score (nSPS) is 24.2. The zero-order chi connectivity index (χ0) is 17.6. The lowest BCUT2D eigenvalue weighted by Crippen LogP contribution is -2.56. The van der Waals surface area contributed by atoms with Crippen molar-refractivity contribution in [3.63, 3.8) is 0 Å². The minimum atomic E-state index is -4.61. The summed E-state index contributed by atoms with van der Waals surface area (Å²) in [4.78, 5) is 12.1.